The summed E-state index contributed by atoms with van der Waals surface area (Å²) in [6, 6.07) is 0.437. The van der Waals surface area contributed by atoms with Crippen LogP contribution in [-0.2, 0) is 9.47 Å². The molecular weight excluding hydrogens is 180 g/mol. The lowest BCUT2D eigenvalue weighted by Crippen LogP contribution is -2.56. The van der Waals surface area contributed by atoms with Gasteiger partial charge in [-0.2, -0.15) is 0 Å². The molecule has 2 aliphatic rings. The highest BCUT2D eigenvalue weighted by molar-refractivity contribution is 4.84. The van der Waals surface area contributed by atoms with E-state index in [0.29, 0.717) is 12.1 Å². The van der Waals surface area contributed by atoms with Gasteiger partial charge in [-0.25, -0.2) is 0 Å². The van der Waals surface area contributed by atoms with E-state index in [-0.39, 0.29) is 0 Å². The van der Waals surface area contributed by atoms with Crippen LogP contribution >= 0.6 is 0 Å². The van der Waals surface area contributed by atoms with E-state index in [9.17, 15) is 0 Å². The maximum Gasteiger partial charge on any atom is 0.0879 e. The van der Waals surface area contributed by atoms with Gasteiger partial charge >= 0.3 is 0 Å². The lowest BCUT2D eigenvalue weighted by Gasteiger charge is -2.41. The minimum Gasteiger partial charge on any atom is -0.378 e. The second kappa shape index (κ2) is 4.57. The zero-order chi connectivity index (χ0) is 9.97. The number of morpholine rings is 2. The van der Waals surface area contributed by atoms with E-state index in [1.807, 2.05) is 0 Å². The van der Waals surface area contributed by atoms with Crippen LogP contribution in [0.15, 0.2) is 0 Å². The summed E-state index contributed by atoms with van der Waals surface area (Å²) in [7, 11) is 4.31. The number of hydrogen-bond donors (Lipinski definition) is 0. The van der Waals surface area contributed by atoms with Gasteiger partial charge in [-0.3, -0.25) is 4.90 Å². The third kappa shape index (κ3) is 2.25. The van der Waals surface area contributed by atoms with Crippen LogP contribution in [0.5, 0.6) is 0 Å². The number of rotatable bonds is 1. The zero-order valence-electron chi connectivity index (χ0n) is 9.11. The van der Waals surface area contributed by atoms with Crippen LogP contribution in [0, 0.1) is 0 Å². The van der Waals surface area contributed by atoms with Crippen molar-refractivity contribution in [1.29, 1.82) is 0 Å². The fourth-order valence-corrected chi connectivity index (χ4v) is 2.14. The summed E-state index contributed by atoms with van der Waals surface area (Å²) in [5, 5.41) is 0. The molecule has 2 atom stereocenters. The predicted octanol–water partition coefficient (Wildman–Crippen LogP) is -0.352. The summed E-state index contributed by atoms with van der Waals surface area (Å²) in [5.41, 5.74) is 0. The van der Waals surface area contributed by atoms with Gasteiger partial charge in [-0.1, -0.05) is 0 Å². The summed E-state index contributed by atoms with van der Waals surface area (Å²) in [6.07, 6.45) is 0.319. The topological polar surface area (TPSA) is 24.9 Å². The van der Waals surface area contributed by atoms with E-state index >= 15 is 0 Å². The van der Waals surface area contributed by atoms with Crippen LogP contribution in [0.25, 0.3) is 0 Å². The first-order valence-electron chi connectivity index (χ1n) is 5.35. The minimum atomic E-state index is 0.319. The van der Waals surface area contributed by atoms with Gasteiger partial charge in [-0.05, 0) is 14.1 Å². The van der Waals surface area contributed by atoms with Crippen molar-refractivity contribution in [2.24, 2.45) is 0 Å². The number of nitrogens with zero attached hydrogens (tertiary/aromatic N) is 2. The average molecular weight is 200 g/mol. The minimum absolute atomic E-state index is 0.319. The molecule has 2 rings (SSSR count). The fraction of sp³-hybridized carbons (Fsp3) is 1.00. The maximum atomic E-state index is 5.79. The molecule has 0 aliphatic carbocycles. The zero-order valence-corrected chi connectivity index (χ0v) is 9.11. The molecule has 14 heavy (non-hydrogen) atoms. The van der Waals surface area contributed by atoms with Crippen LogP contribution in [0.1, 0.15) is 0 Å². The molecule has 0 N–H and O–H groups in total. The molecule has 0 amide bonds. The first kappa shape index (κ1) is 10.4. The largest absolute Gasteiger partial charge is 0.378 e. The van der Waals surface area contributed by atoms with Gasteiger partial charge in [0.05, 0.1) is 32.0 Å². The fourth-order valence-electron chi connectivity index (χ4n) is 2.14. The van der Waals surface area contributed by atoms with E-state index in [2.05, 4.69) is 23.9 Å². The monoisotopic (exact) mass is 200 g/mol. The second-order valence-corrected chi connectivity index (χ2v) is 4.29. The highest BCUT2D eigenvalue weighted by Gasteiger charge is 2.31. The first-order chi connectivity index (χ1) is 6.77. The van der Waals surface area contributed by atoms with Crippen molar-refractivity contribution in [3.63, 3.8) is 0 Å². The van der Waals surface area contributed by atoms with Crippen molar-refractivity contribution in [2.45, 2.75) is 12.1 Å². The van der Waals surface area contributed by atoms with Gasteiger partial charge in [0, 0.05) is 19.6 Å². The van der Waals surface area contributed by atoms with Crippen molar-refractivity contribution in [2.75, 3.05) is 53.6 Å². The number of hydrogen-bond acceptors (Lipinski definition) is 4. The summed E-state index contributed by atoms with van der Waals surface area (Å²) in [6.45, 7) is 5.62. The lowest BCUT2D eigenvalue weighted by atomic mass is 10.1. The van der Waals surface area contributed by atoms with Gasteiger partial charge in [0.25, 0.3) is 0 Å². The Morgan fingerprint density at radius 1 is 1.14 bits per heavy atom. The van der Waals surface area contributed by atoms with Crippen molar-refractivity contribution >= 4 is 0 Å². The van der Waals surface area contributed by atoms with Crippen LogP contribution in [-0.4, -0.2) is 75.5 Å². The van der Waals surface area contributed by atoms with Crippen LogP contribution in [0.3, 0.4) is 0 Å². The van der Waals surface area contributed by atoms with Crippen LogP contribution in [0.2, 0.25) is 0 Å². The van der Waals surface area contributed by atoms with Crippen molar-refractivity contribution in [3.8, 4) is 0 Å². The van der Waals surface area contributed by atoms with E-state index < -0.39 is 0 Å². The van der Waals surface area contributed by atoms with Crippen molar-refractivity contribution in [1.82, 2.24) is 9.80 Å². The Bertz CT molecular complexity index is 189. The Kier molecular flexibility index (Phi) is 3.38. The van der Waals surface area contributed by atoms with E-state index in [0.717, 1.165) is 39.5 Å². The van der Waals surface area contributed by atoms with E-state index in [1.165, 1.54) is 0 Å². The number of ether oxygens (including phenoxy) is 2. The quantitative estimate of drug-likeness (QED) is 0.577. The molecule has 2 saturated heterocycles. The molecular formula is C10H20N2O2. The third-order valence-corrected chi connectivity index (χ3v) is 3.17. The van der Waals surface area contributed by atoms with Gasteiger partial charge in [-0.15, -0.1) is 0 Å². The smallest absolute Gasteiger partial charge is 0.0879 e. The van der Waals surface area contributed by atoms with Gasteiger partial charge < -0.3 is 14.4 Å². The van der Waals surface area contributed by atoms with E-state index in [4.69, 9.17) is 9.47 Å². The molecule has 82 valence electrons. The second-order valence-electron chi connectivity index (χ2n) is 4.29. The summed E-state index contributed by atoms with van der Waals surface area (Å²) >= 11 is 0. The third-order valence-electron chi connectivity index (χ3n) is 3.17. The Labute approximate surface area is 85.8 Å². The molecule has 0 aromatic carbocycles. The molecule has 2 aliphatic heterocycles. The lowest BCUT2D eigenvalue weighted by molar-refractivity contribution is -0.103. The molecule has 0 aromatic rings. The molecule has 4 heteroatoms. The normalized spacial score (nSPS) is 37.3. The molecule has 0 aromatic heterocycles. The SMILES string of the molecule is CN1CCOC(C2COCCN2C)C1. The van der Waals surface area contributed by atoms with Gasteiger partial charge in [0.15, 0.2) is 0 Å². The van der Waals surface area contributed by atoms with Crippen LogP contribution in [0.4, 0.5) is 0 Å². The Morgan fingerprint density at radius 3 is 2.71 bits per heavy atom. The molecule has 4 nitrogen and oxygen atoms in total. The maximum absolute atomic E-state index is 5.79. The standard InChI is InChI=1S/C10H20N2O2/c1-11-3-6-14-10(7-11)9-8-13-5-4-12(9)2/h9-10H,3-8H2,1-2H3. The molecule has 2 heterocycles. The molecule has 0 spiro atoms. The highest BCUT2D eigenvalue weighted by Crippen LogP contribution is 2.15. The Hall–Kier alpha value is -0.160. The van der Waals surface area contributed by atoms with Crippen molar-refractivity contribution < 1.29 is 9.47 Å². The first-order valence-corrected chi connectivity index (χ1v) is 5.35. The molecule has 2 unspecified atom stereocenters. The van der Waals surface area contributed by atoms with Gasteiger partial charge in [0.2, 0.25) is 0 Å². The summed E-state index contributed by atoms with van der Waals surface area (Å²) in [5.74, 6) is 0. The Morgan fingerprint density at radius 2 is 2.00 bits per heavy atom. The molecule has 0 saturated carbocycles. The Balaban J connectivity index is 1.91. The predicted molar refractivity (Wildman–Crippen MR) is 54.5 cm³/mol. The molecule has 0 radical (unpaired) electrons. The molecule has 2 fully saturated rings. The molecule has 0 bridgehead atoms. The summed E-state index contributed by atoms with van der Waals surface area (Å²) < 4.78 is 11.3. The number of likely N-dealkylation sites (N-methyl/N-ethyl adjacent to an activating group) is 2. The summed E-state index contributed by atoms with van der Waals surface area (Å²) in [4.78, 5) is 4.68. The van der Waals surface area contributed by atoms with E-state index in [1.54, 1.807) is 0 Å². The van der Waals surface area contributed by atoms with Crippen LogP contribution < -0.4 is 0 Å². The highest BCUT2D eigenvalue weighted by atomic mass is 16.5. The van der Waals surface area contributed by atoms with Crippen molar-refractivity contribution in [3.05, 3.63) is 0 Å². The van der Waals surface area contributed by atoms with Gasteiger partial charge in [0.1, 0.15) is 0 Å². The average Bonchev–Trinajstić information content (AvgIpc) is 2.18.